The molecule has 0 unspecified atom stereocenters. The van der Waals surface area contributed by atoms with Crippen molar-refractivity contribution in [1.82, 2.24) is 4.98 Å². The molecule has 6 heteroatoms. The smallest absolute Gasteiger partial charge is 0.265 e. The molecule has 2 heterocycles. The first-order valence-corrected chi connectivity index (χ1v) is 6.46. The van der Waals surface area contributed by atoms with Crippen LogP contribution in [-0.4, -0.2) is 25.0 Å². The number of rotatable bonds is 3. The standard InChI is InChI=1S/C12H12ClN3OS/c1-16(2)11-6-3-8(7-14-11)15-12(17)9-4-5-10(13)18-9/h3-7H,1-2H3,(H,15,17). The minimum atomic E-state index is -0.175. The molecule has 0 aromatic carbocycles. The molecule has 94 valence electrons. The third kappa shape index (κ3) is 3.00. The molecule has 0 atom stereocenters. The number of carbonyl (C=O) groups is 1. The number of anilines is 2. The molecule has 0 aliphatic heterocycles. The minimum absolute atomic E-state index is 0.175. The fourth-order valence-electron chi connectivity index (χ4n) is 1.35. The molecule has 0 aliphatic rings. The fourth-order valence-corrected chi connectivity index (χ4v) is 2.29. The van der Waals surface area contributed by atoms with Gasteiger partial charge >= 0.3 is 0 Å². The van der Waals surface area contributed by atoms with Gasteiger partial charge in [0.2, 0.25) is 0 Å². The van der Waals surface area contributed by atoms with Gasteiger partial charge in [-0.05, 0) is 24.3 Å². The molecular formula is C12H12ClN3OS. The summed E-state index contributed by atoms with van der Waals surface area (Å²) in [4.78, 5) is 18.5. The number of thiophene rings is 1. The largest absolute Gasteiger partial charge is 0.363 e. The third-order valence-electron chi connectivity index (χ3n) is 2.26. The Morgan fingerprint density at radius 3 is 2.61 bits per heavy atom. The Balaban J connectivity index is 2.07. The van der Waals surface area contributed by atoms with E-state index in [2.05, 4.69) is 10.3 Å². The predicted octanol–water partition coefficient (Wildman–Crippen LogP) is 3.11. The van der Waals surface area contributed by atoms with Crippen molar-refractivity contribution in [3.05, 3.63) is 39.7 Å². The monoisotopic (exact) mass is 281 g/mol. The van der Waals surface area contributed by atoms with E-state index < -0.39 is 0 Å². The van der Waals surface area contributed by atoms with E-state index in [1.54, 1.807) is 18.3 Å². The summed E-state index contributed by atoms with van der Waals surface area (Å²) in [6.45, 7) is 0. The second-order valence-electron chi connectivity index (χ2n) is 3.86. The van der Waals surface area contributed by atoms with Crippen molar-refractivity contribution in [2.75, 3.05) is 24.3 Å². The zero-order chi connectivity index (χ0) is 13.1. The Morgan fingerprint density at radius 2 is 2.11 bits per heavy atom. The topological polar surface area (TPSA) is 45.2 Å². The summed E-state index contributed by atoms with van der Waals surface area (Å²) >= 11 is 7.03. The van der Waals surface area contributed by atoms with E-state index in [4.69, 9.17) is 11.6 Å². The Morgan fingerprint density at radius 1 is 1.33 bits per heavy atom. The van der Waals surface area contributed by atoms with E-state index in [1.165, 1.54) is 11.3 Å². The van der Waals surface area contributed by atoms with Crippen LogP contribution in [0.1, 0.15) is 9.67 Å². The van der Waals surface area contributed by atoms with Gasteiger partial charge in [-0.3, -0.25) is 4.79 Å². The number of halogens is 1. The number of amides is 1. The molecule has 0 saturated carbocycles. The van der Waals surface area contributed by atoms with Gasteiger partial charge in [0.25, 0.3) is 5.91 Å². The average Bonchev–Trinajstić information content (AvgIpc) is 2.76. The fraction of sp³-hybridized carbons (Fsp3) is 0.167. The summed E-state index contributed by atoms with van der Waals surface area (Å²) in [6.07, 6.45) is 1.63. The molecule has 4 nitrogen and oxygen atoms in total. The van der Waals surface area contributed by atoms with Crippen LogP contribution < -0.4 is 10.2 Å². The van der Waals surface area contributed by atoms with Crippen molar-refractivity contribution in [3.63, 3.8) is 0 Å². The molecule has 18 heavy (non-hydrogen) atoms. The van der Waals surface area contributed by atoms with Crippen molar-refractivity contribution < 1.29 is 4.79 Å². The first kappa shape index (κ1) is 12.9. The van der Waals surface area contributed by atoms with Crippen molar-refractivity contribution in [1.29, 1.82) is 0 Å². The molecule has 2 aromatic heterocycles. The number of nitrogens with zero attached hydrogens (tertiary/aromatic N) is 2. The van der Waals surface area contributed by atoms with Crippen LogP contribution in [0.25, 0.3) is 0 Å². The van der Waals surface area contributed by atoms with E-state index in [9.17, 15) is 4.79 Å². The van der Waals surface area contributed by atoms with Crippen LogP contribution in [0.5, 0.6) is 0 Å². The number of aromatic nitrogens is 1. The Hall–Kier alpha value is -1.59. The van der Waals surface area contributed by atoms with Gasteiger partial charge in [-0.1, -0.05) is 11.6 Å². The quantitative estimate of drug-likeness (QED) is 0.940. The second kappa shape index (κ2) is 5.37. The molecule has 0 fully saturated rings. The molecule has 1 N–H and O–H groups in total. The summed E-state index contributed by atoms with van der Waals surface area (Å²) < 4.78 is 0.598. The highest BCUT2D eigenvalue weighted by Crippen LogP contribution is 2.22. The highest BCUT2D eigenvalue weighted by molar-refractivity contribution is 7.18. The molecule has 2 rings (SSSR count). The van der Waals surface area contributed by atoms with Gasteiger partial charge in [-0.15, -0.1) is 11.3 Å². The van der Waals surface area contributed by atoms with Gasteiger partial charge in [0.05, 0.1) is 21.1 Å². The molecule has 0 aliphatic carbocycles. The van der Waals surface area contributed by atoms with Crippen LogP contribution >= 0.6 is 22.9 Å². The summed E-state index contributed by atoms with van der Waals surface area (Å²) in [7, 11) is 3.82. The lowest BCUT2D eigenvalue weighted by Gasteiger charge is -2.11. The number of nitrogens with one attached hydrogen (secondary N) is 1. The zero-order valence-corrected chi connectivity index (χ0v) is 11.5. The van der Waals surface area contributed by atoms with E-state index in [0.717, 1.165) is 5.82 Å². The molecule has 1 amide bonds. The lowest BCUT2D eigenvalue weighted by molar-refractivity contribution is 0.103. The lowest BCUT2D eigenvalue weighted by Crippen LogP contribution is -2.12. The maximum atomic E-state index is 11.8. The van der Waals surface area contributed by atoms with E-state index in [1.807, 2.05) is 31.1 Å². The van der Waals surface area contributed by atoms with E-state index in [0.29, 0.717) is 14.9 Å². The second-order valence-corrected chi connectivity index (χ2v) is 5.57. The lowest BCUT2D eigenvalue weighted by atomic mass is 10.3. The van der Waals surface area contributed by atoms with Gasteiger partial charge < -0.3 is 10.2 Å². The van der Waals surface area contributed by atoms with Crippen LogP contribution in [0.4, 0.5) is 11.5 Å². The highest BCUT2D eigenvalue weighted by Gasteiger charge is 2.09. The van der Waals surface area contributed by atoms with Crippen molar-refractivity contribution >= 4 is 40.4 Å². The van der Waals surface area contributed by atoms with Crippen LogP contribution in [0.15, 0.2) is 30.5 Å². The van der Waals surface area contributed by atoms with Gasteiger partial charge in [0.1, 0.15) is 5.82 Å². The first-order chi connectivity index (χ1) is 8.56. The molecule has 0 radical (unpaired) electrons. The molecule has 0 spiro atoms. The predicted molar refractivity (Wildman–Crippen MR) is 75.8 cm³/mol. The first-order valence-electron chi connectivity index (χ1n) is 5.26. The zero-order valence-electron chi connectivity index (χ0n) is 9.98. The summed E-state index contributed by atoms with van der Waals surface area (Å²) in [5.74, 6) is 0.665. The summed E-state index contributed by atoms with van der Waals surface area (Å²) in [5.41, 5.74) is 0.662. The van der Waals surface area contributed by atoms with Crippen LogP contribution in [-0.2, 0) is 0 Å². The summed E-state index contributed by atoms with van der Waals surface area (Å²) in [6, 6.07) is 7.06. The number of pyridine rings is 1. The molecule has 0 saturated heterocycles. The van der Waals surface area contributed by atoms with E-state index >= 15 is 0 Å². The molecule has 2 aromatic rings. The van der Waals surface area contributed by atoms with Crippen LogP contribution in [0, 0.1) is 0 Å². The molecular weight excluding hydrogens is 270 g/mol. The van der Waals surface area contributed by atoms with Gasteiger partial charge in [-0.2, -0.15) is 0 Å². The third-order valence-corrected chi connectivity index (χ3v) is 3.49. The Kier molecular flexibility index (Phi) is 3.84. The Bertz CT molecular complexity index is 551. The SMILES string of the molecule is CN(C)c1ccc(NC(=O)c2ccc(Cl)s2)cn1. The van der Waals surface area contributed by atoms with E-state index in [-0.39, 0.29) is 5.91 Å². The van der Waals surface area contributed by atoms with Crippen molar-refractivity contribution in [3.8, 4) is 0 Å². The van der Waals surface area contributed by atoms with Crippen LogP contribution in [0.2, 0.25) is 4.34 Å². The van der Waals surface area contributed by atoms with Crippen molar-refractivity contribution in [2.45, 2.75) is 0 Å². The Labute approximate surface area is 114 Å². The van der Waals surface area contributed by atoms with Gasteiger partial charge in [0, 0.05) is 14.1 Å². The van der Waals surface area contributed by atoms with Crippen molar-refractivity contribution in [2.24, 2.45) is 0 Å². The highest BCUT2D eigenvalue weighted by atomic mass is 35.5. The van der Waals surface area contributed by atoms with Crippen LogP contribution in [0.3, 0.4) is 0 Å². The molecule has 0 bridgehead atoms. The number of carbonyl (C=O) groups excluding carboxylic acids is 1. The number of hydrogen-bond acceptors (Lipinski definition) is 4. The number of hydrogen-bond donors (Lipinski definition) is 1. The summed E-state index contributed by atoms with van der Waals surface area (Å²) in [5, 5.41) is 2.77. The maximum absolute atomic E-state index is 11.8. The maximum Gasteiger partial charge on any atom is 0.265 e. The normalized spacial score (nSPS) is 10.2. The van der Waals surface area contributed by atoms with Gasteiger partial charge in [0.15, 0.2) is 0 Å². The minimum Gasteiger partial charge on any atom is -0.363 e. The average molecular weight is 282 g/mol. The van der Waals surface area contributed by atoms with Gasteiger partial charge in [-0.25, -0.2) is 4.98 Å².